The van der Waals surface area contributed by atoms with E-state index in [0.29, 0.717) is 6.42 Å². The fourth-order valence-electron chi connectivity index (χ4n) is 2.76. The van der Waals surface area contributed by atoms with E-state index < -0.39 is 14.3 Å². The van der Waals surface area contributed by atoms with Gasteiger partial charge in [0.1, 0.15) is 13.2 Å². The fraction of sp³-hybridized carbons (Fsp3) is 0.684. The highest BCUT2D eigenvalue weighted by atomic mass is 35.5. The molecule has 146 valence electrons. The molecule has 1 amide bonds. The molecular weight excluding hydrogens is 370 g/mol. The van der Waals surface area contributed by atoms with Crippen LogP contribution in [-0.2, 0) is 18.8 Å². The van der Waals surface area contributed by atoms with E-state index in [9.17, 15) is 9.59 Å². The van der Waals surface area contributed by atoms with Crippen LogP contribution in [0.25, 0.3) is 0 Å². The lowest BCUT2D eigenvalue weighted by atomic mass is 9.81. The van der Waals surface area contributed by atoms with Gasteiger partial charge in [-0.3, -0.25) is 9.59 Å². The zero-order valence-electron chi connectivity index (χ0n) is 16.6. The number of nitrogens with zero attached hydrogens (tertiary/aromatic N) is 1. The van der Waals surface area contributed by atoms with Gasteiger partial charge in [-0.1, -0.05) is 39.0 Å². The molecule has 1 fully saturated rings. The standard InChI is InChI=1S/C19H30ClNO4Si/c1-9-10-15-17(14(3)25-26(7,8)19(4,5)6)18(23)21(15)11-16(22)24-12-13(2)20/h1,14-15,17H,2,10-12H2,3-8H3/t14-,15-,17+/m0/s1. The minimum atomic E-state index is -2.01. The summed E-state index contributed by atoms with van der Waals surface area (Å²) >= 11 is 5.58. The summed E-state index contributed by atoms with van der Waals surface area (Å²) in [6.07, 6.45) is 5.59. The van der Waals surface area contributed by atoms with Crippen molar-refractivity contribution in [3.05, 3.63) is 11.6 Å². The molecule has 0 aromatic rings. The number of amides is 1. The van der Waals surface area contributed by atoms with Crippen LogP contribution < -0.4 is 0 Å². The van der Waals surface area contributed by atoms with Crippen molar-refractivity contribution in [2.75, 3.05) is 13.2 Å². The van der Waals surface area contributed by atoms with Crippen LogP contribution >= 0.6 is 11.6 Å². The van der Waals surface area contributed by atoms with Gasteiger partial charge in [-0.2, -0.15) is 0 Å². The predicted molar refractivity (Wildman–Crippen MR) is 106 cm³/mol. The van der Waals surface area contributed by atoms with E-state index in [1.165, 1.54) is 4.90 Å². The van der Waals surface area contributed by atoms with Crippen LogP contribution in [0.1, 0.15) is 34.1 Å². The molecule has 0 bridgehead atoms. The van der Waals surface area contributed by atoms with E-state index in [-0.39, 0.29) is 47.2 Å². The van der Waals surface area contributed by atoms with Gasteiger partial charge >= 0.3 is 5.97 Å². The molecule has 0 aromatic heterocycles. The topological polar surface area (TPSA) is 55.8 Å². The van der Waals surface area contributed by atoms with Crippen molar-refractivity contribution in [3.63, 3.8) is 0 Å². The van der Waals surface area contributed by atoms with Crippen LogP contribution in [0, 0.1) is 18.3 Å². The molecule has 3 atom stereocenters. The van der Waals surface area contributed by atoms with Crippen LogP contribution in [0.15, 0.2) is 11.6 Å². The van der Waals surface area contributed by atoms with Crippen LogP contribution in [0.4, 0.5) is 0 Å². The molecule has 1 aliphatic heterocycles. The largest absolute Gasteiger partial charge is 0.459 e. The van der Waals surface area contributed by atoms with Crippen molar-refractivity contribution in [2.45, 2.75) is 64.4 Å². The zero-order chi connectivity index (χ0) is 20.3. The lowest BCUT2D eigenvalue weighted by Crippen LogP contribution is -2.66. The summed E-state index contributed by atoms with van der Waals surface area (Å²) in [4.78, 5) is 26.0. The molecule has 1 aliphatic rings. The summed E-state index contributed by atoms with van der Waals surface area (Å²) in [5.41, 5.74) is 0. The summed E-state index contributed by atoms with van der Waals surface area (Å²) in [7, 11) is -2.01. The van der Waals surface area contributed by atoms with Crippen molar-refractivity contribution in [3.8, 4) is 12.3 Å². The zero-order valence-corrected chi connectivity index (χ0v) is 18.4. The number of β-lactam (4-membered cyclic amide) rings is 1. The van der Waals surface area contributed by atoms with Crippen molar-refractivity contribution in [2.24, 2.45) is 5.92 Å². The first kappa shape index (κ1) is 22.7. The number of esters is 1. The Morgan fingerprint density at radius 2 is 2.04 bits per heavy atom. The highest BCUT2D eigenvalue weighted by Crippen LogP contribution is 2.40. The minimum absolute atomic E-state index is 0.0448. The number of terminal acetylenes is 1. The molecule has 0 spiro atoms. The minimum Gasteiger partial charge on any atom is -0.459 e. The van der Waals surface area contributed by atoms with E-state index in [1.807, 2.05) is 6.92 Å². The molecule has 0 aromatic carbocycles. The lowest BCUT2D eigenvalue weighted by Gasteiger charge is -2.50. The second-order valence-corrected chi connectivity index (χ2v) is 13.5. The van der Waals surface area contributed by atoms with E-state index in [0.717, 1.165) is 0 Å². The predicted octanol–water partition coefficient (Wildman–Crippen LogP) is 3.54. The van der Waals surface area contributed by atoms with Gasteiger partial charge in [0.05, 0.1) is 18.1 Å². The summed E-state index contributed by atoms with van der Waals surface area (Å²) in [6, 6.07) is -0.223. The van der Waals surface area contributed by atoms with Crippen LogP contribution in [0.5, 0.6) is 0 Å². The molecule has 26 heavy (non-hydrogen) atoms. The Hall–Kier alpha value is -1.29. The Morgan fingerprint density at radius 3 is 2.50 bits per heavy atom. The second-order valence-electron chi connectivity index (χ2n) is 8.23. The second kappa shape index (κ2) is 8.60. The molecule has 0 saturated carbocycles. The summed E-state index contributed by atoms with van der Waals surface area (Å²) < 4.78 is 11.3. The van der Waals surface area contributed by atoms with Gasteiger partial charge < -0.3 is 14.1 Å². The number of carbonyl (C=O) groups excluding carboxylic acids is 2. The number of carbonyl (C=O) groups is 2. The molecule has 0 radical (unpaired) electrons. The first-order valence-corrected chi connectivity index (χ1v) is 12.0. The van der Waals surface area contributed by atoms with Gasteiger partial charge in [0.15, 0.2) is 8.32 Å². The molecule has 1 heterocycles. The normalized spacial score (nSPS) is 21.6. The third kappa shape index (κ3) is 5.35. The van der Waals surface area contributed by atoms with Crippen LogP contribution in [-0.4, -0.2) is 50.4 Å². The molecule has 5 nitrogen and oxygen atoms in total. The summed E-state index contributed by atoms with van der Waals surface area (Å²) in [5, 5.41) is 0.270. The monoisotopic (exact) mass is 399 g/mol. The number of rotatable bonds is 8. The van der Waals surface area contributed by atoms with E-state index in [4.69, 9.17) is 27.2 Å². The number of hydrogen-bond acceptors (Lipinski definition) is 4. The lowest BCUT2D eigenvalue weighted by molar-refractivity contribution is -0.169. The Bertz CT molecular complexity index is 606. The highest BCUT2D eigenvalue weighted by molar-refractivity contribution is 6.74. The Labute approximate surface area is 163 Å². The maximum Gasteiger partial charge on any atom is 0.326 e. The van der Waals surface area contributed by atoms with Gasteiger partial charge in [0.25, 0.3) is 0 Å². The van der Waals surface area contributed by atoms with Crippen molar-refractivity contribution < 1.29 is 18.8 Å². The van der Waals surface area contributed by atoms with E-state index in [1.54, 1.807) is 0 Å². The van der Waals surface area contributed by atoms with Crippen molar-refractivity contribution in [1.82, 2.24) is 4.90 Å². The average molecular weight is 400 g/mol. The molecule has 1 saturated heterocycles. The Kier molecular flexibility index (Phi) is 7.52. The maximum atomic E-state index is 12.6. The van der Waals surface area contributed by atoms with Crippen LogP contribution in [0.2, 0.25) is 18.1 Å². The SMILES string of the molecule is C#CC[C@H]1[C@@H]([C@H](C)O[Si](C)(C)C(C)(C)C)C(=O)N1CC(=O)OCC(=C)Cl. The average Bonchev–Trinajstić information content (AvgIpc) is 2.48. The number of hydrogen-bond donors (Lipinski definition) is 0. The van der Waals surface area contributed by atoms with Crippen molar-refractivity contribution >= 4 is 31.8 Å². The molecule has 7 heteroatoms. The summed E-state index contributed by atoms with van der Waals surface area (Å²) in [6.45, 7) is 15.9. The highest BCUT2D eigenvalue weighted by Gasteiger charge is 2.52. The third-order valence-corrected chi connectivity index (χ3v) is 9.87. The fourth-order valence-corrected chi connectivity index (χ4v) is 4.24. The molecular formula is C19H30ClNO4Si. The smallest absolute Gasteiger partial charge is 0.326 e. The quantitative estimate of drug-likeness (QED) is 0.271. The Morgan fingerprint density at radius 1 is 1.46 bits per heavy atom. The number of halogens is 1. The first-order valence-electron chi connectivity index (χ1n) is 8.72. The van der Waals surface area contributed by atoms with Crippen LogP contribution in [0.3, 0.4) is 0 Å². The third-order valence-electron chi connectivity index (χ3n) is 5.19. The maximum absolute atomic E-state index is 12.6. The molecule has 0 unspecified atom stereocenters. The van der Waals surface area contributed by atoms with Crippen molar-refractivity contribution in [1.29, 1.82) is 0 Å². The number of ether oxygens (including phenoxy) is 1. The van der Waals surface area contributed by atoms with E-state index in [2.05, 4.69) is 46.4 Å². The van der Waals surface area contributed by atoms with Gasteiger partial charge in [-0.05, 0) is 25.1 Å². The van der Waals surface area contributed by atoms with Gasteiger partial charge in [0.2, 0.25) is 5.91 Å². The first-order chi connectivity index (χ1) is 11.8. The van der Waals surface area contributed by atoms with Gasteiger partial charge in [-0.25, -0.2) is 0 Å². The van der Waals surface area contributed by atoms with Gasteiger partial charge in [-0.15, -0.1) is 12.3 Å². The molecule has 1 rings (SSSR count). The van der Waals surface area contributed by atoms with E-state index >= 15 is 0 Å². The summed E-state index contributed by atoms with van der Waals surface area (Å²) in [5.74, 6) is 1.60. The molecule has 0 aliphatic carbocycles. The molecule has 0 N–H and O–H groups in total. The number of likely N-dealkylation sites (tertiary alicyclic amines) is 1. The van der Waals surface area contributed by atoms with Gasteiger partial charge in [0, 0.05) is 11.5 Å². The Balaban J connectivity index is 2.79.